The number of pyridine rings is 1. The molecule has 0 N–H and O–H groups in total. The number of halogens is 3. The van der Waals surface area contributed by atoms with Crippen LogP contribution in [0.2, 0.25) is 0 Å². The van der Waals surface area contributed by atoms with Crippen LogP contribution in [0.1, 0.15) is 21.5 Å². The van der Waals surface area contributed by atoms with Crippen molar-refractivity contribution < 1.29 is 27.5 Å². The second-order valence-electron chi connectivity index (χ2n) is 5.61. The van der Waals surface area contributed by atoms with Gasteiger partial charge in [0.25, 0.3) is 0 Å². The molecule has 0 aliphatic heterocycles. The normalized spacial score (nSPS) is 11.1. The first-order valence-corrected chi connectivity index (χ1v) is 8.76. The molecule has 0 atom stereocenters. The lowest BCUT2D eigenvalue weighted by Crippen LogP contribution is -2.27. The van der Waals surface area contributed by atoms with Crippen molar-refractivity contribution in [2.45, 2.75) is 17.7 Å². The van der Waals surface area contributed by atoms with Crippen molar-refractivity contribution in [3.05, 3.63) is 59.3 Å². The van der Waals surface area contributed by atoms with Gasteiger partial charge in [-0.15, -0.1) is 0 Å². The average Bonchev–Trinajstić information content (AvgIpc) is 2.65. The Kier molecular flexibility index (Phi) is 6.84. The Balaban J connectivity index is 1.87. The first kappa shape index (κ1) is 20.8. The molecule has 144 valence electrons. The number of hydrogen-bond donors (Lipinski definition) is 0. The fourth-order valence-electron chi connectivity index (χ4n) is 2.11. The molecule has 1 aromatic carbocycles. The molecular weight excluding hydrogens is 381 g/mol. The van der Waals surface area contributed by atoms with Crippen LogP contribution in [0, 0.1) is 0 Å². The number of ether oxygens (including phenoxy) is 1. The number of nitrogens with zero attached hydrogens (tertiary/aromatic N) is 2. The molecule has 0 aliphatic carbocycles. The molecule has 0 fully saturated rings. The third kappa shape index (κ3) is 5.99. The molecule has 0 saturated heterocycles. The molecule has 0 spiro atoms. The third-order valence-corrected chi connectivity index (χ3v) is 4.56. The molecule has 0 bridgehead atoms. The molecule has 0 radical (unpaired) electrons. The van der Waals surface area contributed by atoms with Crippen LogP contribution in [-0.4, -0.2) is 41.7 Å². The molecule has 27 heavy (non-hydrogen) atoms. The summed E-state index contributed by atoms with van der Waals surface area (Å²) in [7, 11) is 2.92. The lowest BCUT2D eigenvalue weighted by molar-refractivity contribution is -0.138. The highest BCUT2D eigenvalue weighted by Gasteiger charge is 2.30. The summed E-state index contributed by atoms with van der Waals surface area (Å²) in [5.74, 6) is -0.583. The number of thioether (sulfide) groups is 1. The van der Waals surface area contributed by atoms with E-state index in [1.807, 2.05) is 0 Å². The zero-order valence-electron chi connectivity index (χ0n) is 14.6. The van der Waals surface area contributed by atoms with Crippen molar-refractivity contribution in [3.63, 3.8) is 0 Å². The van der Waals surface area contributed by atoms with Gasteiger partial charge in [-0.25, -0.2) is 9.78 Å². The fraction of sp³-hybridized carbons (Fsp3) is 0.278. The number of aromatic nitrogens is 1. The topological polar surface area (TPSA) is 59.5 Å². The highest BCUT2D eigenvalue weighted by molar-refractivity contribution is 7.99. The zero-order chi connectivity index (χ0) is 20.0. The van der Waals surface area contributed by atoms with Crippen molar-refractivity contribution in [2.75, 3.05) is 19.9 Å². The van der Waals surface area contributed by atoms with Gasteiger partial charge in [0.05, 0.1) is 29.0 Å². The first-order chi connectivity index (χ1) is 12.7. The first-order valence-electron chi connectivity index (χ1n) is 7.78. The van der Waals surface area contributed by atoms with Crippen LogP contribution in [0.15, 0.2) is 47.6 Å². The number of rotatable bonds is 6. The Morgan fingerprint density at radius 3 is 2.33 bits per heavy atom. The van der Waals surface area contributed by atoms with Crippen LogP contribution < -0.4 is 0 Å². The smallest absolute Gasteiger partial charge is 0.417 e. The average molecular weight is 398 g/mol. The van der Waals surface area contributed by atoms with Crippen molar-refractivity contribution >= 4 is 23.6 Å². The molecule has 5 nitrogen and oxygen atoms in total. The van der Waals surface area contributed by atoms with Crippen molar-refractivity contribution in [3.8, 4) is 0 Å². The summed E-state index contributed by atoms with van der Waals surface area (Å²) >= 11 is 1.07. The standard InChI is InChI=1S/C18H17F3N2O3S/c1-23(10-12-3-5-13(6-4-12)17(25)26-2)16(24)11-27-15-8-7-14(9-22-15)18(19,20)21/h3-9H,10-11H2,1-2H3. The van der Waals surface area contributed by atoms with E-state index in [1.165, 1.54) is 18.1 Å². The van der Waals surface area contributed by atoms with Gasteiger partial charge in [-0.3, -0.25) is 4.79 Å². The summed E-state index contributed by atoms with van der Waals surface area (Å²) in [4.78, 5) is 28.8. The maximum Gasteiger partial charge on any atom is 0.417 e. The van der Waals surface area contributed by atoms with E-state index in [2.05, 4.69) is 9.72 Å². The monoisotopic (exact) mass is 398 g/mol. The van der Waals surface area contributed by atoms with Gasteiger partial charge in [-0.1, -0.05) is 23.9 Å². The Morgan fingerprint density at radius 2 is 1.81 bits per heavy atom. The highest BCUT2D eigenvalue weighted by atomic mass is 32.2. The molecule has 9 heteroatoms. The second-order valence-corrected chi connectivity index (χ2v) is 6.61. The molecule has 0 unspecified atom stereocenters. The van der Waals surface area contributed by atoms with Gasteiger partial charge in [0.1, 0.15) is 0 Å². The summed E-state index contributed by atoms with van der Waals surface area (Å²) < 4.78 is 42.1. The SMILES string of the molecule is COC(=O)c1ccc(CN(C)C(=O)CSc2ccc(C(F)(F)F)cn2)cc1. The van der Waals surface area contributed by atoms with Gasteiger partial charge in [0, 0.05) is 19.8 Å². The minimum absolute atomic E-state index is 0.0507. The van der Waals surface area contributed by atoms with E-state index in [9.17, 15) is 22.8 Å². The Hall–Kier alpha value is -2.55. The summed E-state index contributed by atoms with van der Waals surface area (Å²) in [5, 5.41) is 0.340. The number of alkyl halides is 3. The second kappa shape index (κ2) is 8.90. The van der Waals surface area contributed by atoms with Gasteiger partial charge < -0.3 is 9.64 Å². The Labute approximate surface area is 158 Å². The minimum Gasteiger partial charge on any atom is -0.465 e. The minimum atomic E-state index is -4.43. The van der Waals surface area contributed by atoms with E-state index in [1.54, 1.807) is 31.3 Å². The van der Waals surface area contributed by atoms with Crippen molar-refractivity contribution in [1.29, 1.82) is 0 Å². The van der Waals surface area contributed by atoms with Gasteiger partial charge >= 0.3 is 12.1 Å². The van der Waals surface area contributed by atoms with Gasteiger partial charge in [0.15, 0.2) is 0 Å². The van der Waals surface area contributed by atoms with E-state index in [0.29, 0.717) is 17.1 Å². The quantitative estimate of drug-likeness (QED) is 0.549. The summed E-state index contributed by atoms with van der Waals surface area (Å²) in [6.45, 7) is 0.335. The van der Waals surface area contributed by atoms with Crippen LogP contribution in [0.3, 0.4) is 0 Å². The summed E-state index contributed by atoms with van der Waals surface area (Å²) in [5.41, 5.74) is 0.418. The Morgan fingerprint density at radius 1 is 1.15 bits per heavy atom. The predicted octanol–water partition coefficient (Wildman–Crippen LogP) is 3.64. The number of esters is 1. The molecule has 0 saturated carbocycles. The Bertz CT molecular complexity index is 793. The fourth-order valence-corrected chi connectivity index (χ4v) is 2.89. The van der Waals surface area contributed by atoms with Gasteiger partial charge in [-0.2, -0.15) is 13.2 Å². The predicted molar refractivity (Wildman–Crippen MR) is 94.2 cm³/mol. The van der Waals surface area contributed by atoms with E-state index < -0.39 is 17.7 Å². The van der Waals surface area contributed by atoms with E-state index >= 15 is 0 Å². The van der Waals surface area contributed by atoms with Crippen molar-refractivity contribution in [1.82, 2.24) is 9.88 Å². The van der Waals surface area contributed by atoms with Crippen LogP contribution in [0.5, 0.6) is 0 Å². The van der Waals surface area contributed by atoms with E-state index in [0.717, 1.165) is 29.6 Å². The van der Waals surface area contributed by atoms with Gasteiger partial charge in [-0.05, 0) is 29.8 Å². The molecule has 2 aromatic rings. The maximum atomic E-state index is 12.5. The summed E-state index contributed by atoms with van der Waals surface area (Å²) in [6.07, 6.45) is -3.69. The van der Waals surface area contributed by atoms with E-state index in [-0.39, 0.29) is 11.7 Å². The number of methoxy groups -OCH3 is 1. The number of carbonyl (C=O) groups is 2. The van der Waals surface area contributed by atoms with Crippen LogP contribution in [-0.2, 0) is 22.3 Å². The van der Waals surface area contributed by atoms with Crippen LogP contribution in [0.25, 0.3) is 0 Å². The molecular formula is C18H17F3N2O3S. The largest absolute Gasteiger partial charge is 0.465 e. The summed E-state index contributed by atoms with van der Waals surface area (Å²) in [6, 6.07) is 8.85. The van der Waals surface area contributed by atoms with Crippen LogP contribution >= 0.6 is 11.8 Å². The third-order valence-electron chi connectivity index (χ3n) is 3.63. The van der Waals surface area contributed by atoms with E-state index in [4.69, 9.17) is 0 Å². The highest BCUT2D eigenvalue weighted by Crippen LogP contribution is 2.29. The lowest BCUT2D eigenvalue weighted by atomic mass is 10.1. The number of hydrogen-bond acceptors (Lipinski definition) is 5. The molecule has 1 amide bonds. The number of benzene rings is 1. The zero-order valence-corrected chi connectivity index (χ0v) is 15.4. The van der Waals surface area contributed by atoms with Crippen LogP contribution in [0.4, 0.5) is 13.2 Å². The molecule has 1 heterocycles. The van der Waals surface area contributed by atoms with Gasteiger partial charge in [0.2, 0.25) is 5.91 Å². The molecule has 0 aliphatic rings. The maximum absolute atomic E-state index is 12.5. The number of amides is 1. The van der Waals surface area contributed by atoms with Crippen molar-refractivity contribution in [2.24, 2.45) is 0 Å². The molecule has 1 aromatic heterocycles. The molecule has 2 rings (SSSR count). The lowest BCUT2D eigenvalue weighted by Gasteiger charge is -2.17. The number of carbonyl (C=O) groups excluding carboxylic acids is 2.